The molecule has 72 valence electrons. The highest BCUT2D eigenvalue weighted by Gasteiger charge is 2.23. The Hall–Kier alpha value is -0.0800. The molecule has 0 radical (unpaired) electrons. The molecular formula is C10H22N2. The van der Waals surface area contributed by atoms with Gasteiger partial charge in [-0.15, -0.1) is 0 Å². The lowest BCUT2D eigenvalue weighted by Crippen LogP contribution is -2.55. The highest BCUT2D eigenvalue weighted by molar-refractivity contribution is 4.83. The fraction of sp³-hybridized carbons (Fsp3) is 1.00. The predicted octanol–water partition coefficient (Wildman–Crippen LogP) is 1.47. The van der Waals surface area contributed by atoms with E-state index in [0.29, 0.717) is 0 Å². The van der Waals surface area contributed by atoms with Crippen LogP contribution in [0.15, 0.2) is 0 Å². The topological polar surface area (TPSA) is 15.3 Å². The Morgan fingerprint density at radius 3 is 2.50 bits per heavy atom. The smallest absolute Gasteiger partial charge is 0.0218 e. The lowest BCUT2D eigenvalue weighted by Gasteiger charge is -2.39. The second-order valence-corrected chi connectivity index (χ2v) is 3.66. The minimum Gasteiger partial charge on any atom is -0.311 e. The summed E-state index contributed by atoms with van der Waals surface area (Å²) in [5.41, 5.74) is 0. The zero-order valence-corrected chi connectivity index (χ0v) is 8.64. The van der Waals surface area contributed by atoms with Crippen molar-refractivity contribution in [3.8, 4) is 0 Å². The van der Waals surface area contributed by atoms with Gasteiger partial charge in [0.1, 0.15) is 0 Å². The Morgan fingerprint density at radius 2 is 2.00 bits per heavy atom. The third-order valence-corrected chi connectivity index (χ3v) is 2.98. The van der Waals surface area contributed by atoms with Gasteiger partial charge in [-0.1, -0.05) is 20.8 Å². The van der Waals surface area contributed by atoms with Crippen molar-refractivity contribution in [1.29, 1.82) is 0 Å². The lowest BCUT2D eigenvalue weighted by atomic mass is 10.1. The van der Waals surface area contributed by atoms with Crippen LogP contribution < -0.4 is 5.32 Å². The van der Waals surface area contributed by atoms with Crippen LogP contribution in [-0.4, -0.2) is 36.6 Å². The van der Waals surface area contributed by atoms with E-state index < -0.39 is 0 Å². The Bertz CT molecular complexity index is 125. The van der Waals surface area contributed by atoms with E-state index in [-0.39, 0.29) is 0 Å². The third kappa shape index (κ3) is 2.20. The van der Waals surface area contributed by atoms with Gasteiger partial charge in [-0.25, -0.2) is 0 Å². The van der Waals surface area contributed by atoms with Crippen molar-refractivity contribution in [1.82, 2.24) is 10.2 Å². The van der Waals surface area contributed by atoms with Gasteiger partial charge in [0.05, 0.1) is 0 Å². The van der Waals surface area contributed by atoms with Gasteiger partial charge in [-0.2, -0.15) is 0 Å². The minimum absolute atomic E-state index is 0.729. The van der Waals surface area contributed by atoms with Crippen molar-refractivity contribution in [2.45, 2.75) is 45.7 Å². The average molecular weight is 170 g/mol. The number of piperazine rings is 1. The molecule has 1 heterocycles. The molecule has 0 aromatic rings. The molecule has 2 atom stereocenters. The van der Waals surface area contributed by atoms with Crippen molar-refractivity contribution in [2.24, 2.45) is 0 Å². The molecule has 1 saturated heterocycles. The molecule has 0 amide bonds. The first-order valence-electron chi connectivity index (χ1n) is 5.29. The molecule has 12 heavy (non-hydrogen) atoms. The van der Waals surface area contributed by atoms with Crippen molar-refractivity contribution in [3.63, 3.8) is 0 Å². The molecule has 0 aromatic heterocycles. The molecule has 1 rings (SSSR count). The van der Waals surface area contributed by atoms with Gasteiger partial charge in [-0.05, 0) is 19.4 Å². The van der Waals surface area contributed by atoms with E-state index in [0.717, 1.165) is 12.1 Å². The molecule has 0 spiro atoms. The summed E-state index contributed by atoms with van der Waals surface area (Å²) in [6.45, 7) is 10.4. The normalized spacial score (nSPS) is 32.2. The molecule has 1 aliphatic rings. The maximum absolute atomic E-state index is 3.59. The number of nitrogens with one attached hydrogen (secondary N) is 1. The van der Waals surface area contributed by atoms with Crippen molar-refractivity contribution < 1.29 is 0 Å². The van der Waals surface area contributed by atoms with Crippen LogP contribution in [0.4, 0.5) is 0 Å². The Balaban J connectivity index is 2.41. The summed E-state index contributed by atoms with van der Waals surface area (Å²) < 4.78 is 0. The minimum atomic E-state index is 0.729. The first-order valence-corrected chi connectivity index (χ1v) is 5.29. The zero-order chi connectivity index (χ0) is 8.97. The Labute approximate surface area is 76.3 Å². The summed E-state index contributed by atoms with van der Waals surface area (Å²) in [5, 5.41) is 3.59. The van der Waals surface area contributed by atoms with E-state index in [1.807, 2.05) is 0 Å². The molecule has 2 nitrogen and oxygen atoms in total. The molecule has 1 aliphatic heterocycles. The van der Waals surface area contributed by atoms with Gasteiger partial charge in [-0.3, -0.25) is 4.90 Å². The van der Waals surface area contributed by atoms with Crippen molar-refractivity contribution in [2.75, 3.05) is 19.6 Å². The van der Waals surface area contributed by atoms with Gasteiger partial charge in [0.2, 0.25) is 0 Å². The van der Waals surface area contributed by atoms with Gasteiger partial charge < -0.3 is 5.32 Å². The second-order valence-electron chi connectivity index (χ2n) is 3.66. The molecule has 0 aliphatic carbocycles. The quantitative estimate of drug-likeness (QED) is 0.690. The van der Waals surface area contributed by atoms with E-state index in [1.54, 1.807) is 0 Å². The van der Waals surface area contributed by atoms with E-state index in [9.17, 15) is 0 Å². The highest BCUT2D eigenvalue weighted by Crippen LogP contribution is 2.10. The maximum Gasteiger partial charge on any atom is 0.0218 e. The zero-order valence-electron chi connectivity index (χ0n) is 8.64. The molecular weight excluding hydrogens is 148 g/mol. The predicted molar refractivity (Wildman–Crippen MR) is 53.4 cm³/mol. The number of nitrogens with zero attached hydrogens (tertiary/aromatic N) is 1. The first-order chi connectivity index (χ1) is 5.81. The van der Waals surface area contributed by atoms with Crippen LogP contribution in [0.1, 0.15) is 33.6 Å². The monoisotopic (exact) mass is 170 g/mol. The van der Waals surface area contributed by atoms with Crippen LogP contribution in [-0.2, 0) is 0 Å². The van der Waals surface area contributed by atoms with Crippen molar-refractivity contribution in [3.05, 3.63) is 0 Å². The summed E-state index contributed by atoms with van der Waals surface area (Å²) in [6.07, 6.45) is 2.53. The van der Waals surface area contributed by atoms with E-state index in [4.69, 9.17) is 0 Å². The molecule has 1 N–H and O–H groups in total. The first kappa shape index (κ1) is 10.0. The SMILES string of the molecule is CCC1CN(CC)C(CC)CN1. The molecule has 1 fully saturated rings. The summed E-state index contributed by atoms with van der Waals surface area (Å²) in [4.78, 5) is 2.60. The Morgan fingerprint density at radius 1 is 1.25 bits per heavy atom. The van der Waals surface area contributed by atoms with Gasteiger partial charge >= 0.3 is 0 Å². The van der Waals surface area contributed by atoms with Crippen LogP contribution in [0.25, 0.3) is 0 Å². The second kappa shape index (κ2) is 4.83. The maximum atomic E-state index is 3.59. The number of rotatable bonds is 3. The van der Waals surface area contributed by atoms with Crippen LogP contribution in [0.5, 0.6) is 0 Å². The largest absolute Gasteiger partial charge is 0.311 e. The van der Waals surface area contributed by atoms with Crippen molar-refractivity contribution >= 4 is 0 Å². The third-order valence-electron chi connectivity index (χ3n) is 2.98. The summed E-state index contributed by atoms with van der Waals surface area (Å²) >= 11 is 0. The molecule has 0 aromatic carbocycles. The average Bonchev–Trinajstić information content (AvgIpc) is 2.16. The summed E-state index contributed by atoms with van der Waals surface area (Å²) in [5.74, 6) is 0. The van der Waals surface area contributed by atoms with Crippen LogP contribution in [0.3, 0.4) is 0 Å². The molecule has 2 unspecified atom stereocenters. The fourth-order valence-electron chi connectivity index (χ4n) is 1.99. The lowest BCUT2D eigenvalue weighted by molar-refractivity contribution is 0.132. The van der Waals surface area contributed by atoms with Crippen LogP contribution >= 0.6 is 0 Å². The summed E-state index contributed by atoms with van der Waals surface area (Å²) in [6, 6.07) is 1.51. The highest BCUT2D eigenvalue weighted by atomic mass is 15.2. The fourth-order valence-corrected chi connectivity index (χ4v) is 1.99. The molecule has 2 heteroatoms. The van der Waals surface area contributed by atoms with E-state index >= 15 is 0 Å². The molecule has 0 bridgehead atoms. The summed E-state index contributed by atoms with van der Waals surface area (Å²) in [7, 11) is 0. The van der Waals surface area contributed by atoms with Gasteiger partial charge in [0, 0.05) is 25.2 Å². The number of likely N-dealkylation sites (N-methyl/N-ethyl adjacent to an activating group) is 1. The number of hydrogen-bond donors (Lipinski definition) is 1. The standard InChI is InChI=1S/C10H22N2/c1-4-9-8-12(6-3)10(5-2)7-11-9/h9-11H,4-8H2,1-3H3. The van der Waals surface area contributed by atoms with Gasteiger partial charge in [0.25, 0.3) is 0 Å². The van der Waals surface area contributed by atoms with Crippen LogP contribution in [0.2, 0.25) is 0 Å². The van der Waals surface area contributed by atoms with E-state index in [1.165, 1.54) is 32.5 Å². The van der Waals surface area contributed by atoms with Gasteiger partial charge in [0.15, 0.2) is 0 Å². The Kier molecular flexibility index (Phi) is 4.02. The molecule has 0 saturated carbocycles. The number of hydrogen-bond acceptors (Lipinski definition) is 2. The van der Waals surface area contributed by atoms with E-state index in [2.05, 4.69) is 31.0 Å². The van der Waals surface area contributed by atoms with Crippen LogP contribution in [0, 0.1) is 0 Å².